The van der Waals surface area contributed by atoms with Gasteiger partial charge in [-0.1, -0.05) is 30.3 Å². The Kier molecular flexibility index (Phi) is 5.37. The fraction of sp³-hybridized carbons (Fsp3) is 0.389. The van der Waals surface area contributed by atoms with Crippen LogP contribution in [0.5, 0.6) is 0 Å². The third-order valence-corrected chi connectivity index (χ3v) is 4.29. The van der Waals surface area contributed by atoms with Gasteiger partial charge in [-0.25, -0.2) is 0 Å². The van der Waals surface area contributed by atoms with Crippen LogP contribution in [-0.2, 0) is 13.6 Å². The van der Waals surface area contributed by atoms with Gasteiger partial charge in [-0.05, 0) is 37.6 Å². The minimum Gasteiger partial charge on any atom is -0.396 e. The lowest BCUT2D eigenvalue weighted by Gasteiger charge is -2.28. The van der Waals surface area contributed by atoms with Crippen LogP contribution in [0.1, 0.15) is 35.0 Å². The van der Waals surface area contributed by atoms with Crippen molar-refractivity contribution in [1.29, 1.82) is 5.26 Å². The summed E-state index contributed by atoms with van der Waals surface area (Å²) >= 11 is 0. The largest absolute Gasteiger partial charge is 0.396 e. The van der Waals surface area contributed by atoms with Crippen molar-refractivity contribution in [2.75, 3.05) is 13.7 Å². The summed E-state index contributed by atoms with van der Waals surface area (Å²) in [5.41, 5.74) is 4.15. The molecule has 2 aromatic rings. The lowest BCUT2D eigenvalue weighted by molar-refractivity contribution is 0.180. The Balaban J connectivity index is 2.22. The van der Waals surface area contributed by atoms with Gasteiger partial charge < -0.3 is 9.67 Å². The van der Waals surface area contributed by atoms with E-state index in [0.29, 0.717) is 12.1 Å². The highest BCUT2D eigenvalue weighted by Gasteiger charge is 2.18. The molecule has 4 nitrogen and oxygen atoms in total. The highest BCUT2D eigenvalue weighted by molar-refractivity contribution is 5.34. The summed E-state index contributed by atoms with van der Waals surface area (Å²) in [5, 5.41) is 18.5. The number of hydrogen-bond acceptors (Lipinski definition) is 3. The highest BCUT2D eigenvalue weighted by Crippen LogP contribution is 2.25. The molecule has 0 fully saturated rings. The summed E-state index contributed by atoms with van der Waals surface area (Å²) in [6, 6.07) is 14.6. The maximum atomic E-state index is 9.38. The van der Waals surface area contributed by atoms with Gasteiger partial charge in [-0.3, -0.25) is 4.90 Å². The molecule has 0 aliphatic heterocycles. The van der Waals surface area contributed by atoms with E-state index in [1.54, 1.807) is 0 Å². The van der Waals surface area contributed by atoms with E-state index in [-0.39, 0.29) is 12.6 Å². The minimum absolute atomic E-state index is 0.154. The summed E-state index contributed by atoms with van der Waals surface area (Å²) in [4.78, 5) is 2.23. The van der Waals surface area contributed by atoms with Gasteiger partial charge in [-0.15, -0.1) is 0 Å². The number of rotatable bonds is 6. The monoisotopic (exact) mass is 297 g/mol. The molecule has 4 heteroatoms. The molecule has 1 unspecified atom stereocenters. The van der Waals surface area contributed by atoms with E-state index in [4.69, 9.17) is 5.26 Å². The van der Waals surface area contributed by atoms with Crippen LogP contribution in [-0.4, -0.2) is 28.2 Å². The average molecular weight is 297 g/mol. The van der Waals surface area contributed by atoms with Crippen molar-refractivity contribution in [2.24, 2.45) is 7.05 Å². The lowest BCUT2D eigenvalue weighted by Crippen LogP contribution is -2.25. The first-order valence-corrected chi connectivity index (χ1v) is 7.49. The van der Waals surface area contributed by atoms with Crippen LogP contribution in [0.4, 0.5) is 0 Å². The lowest BCUT2D eigenvalue weighted by atomic mass is 10.0. The number of aliphatic hydroxyl groups excluding tert-OH is 1. The molecule has 0 bridgehead atoms. The third kappa shape index (κ3) is 3.38. The number of benzene rings is 1. The summed E-state index contributed by atoms with van der Waals surface area (Å²) in [5.74, 6) is 0. The molecule has 0 saturated carbocycles. The number of aliphatic hydroxyl groups is 1. The molecule has 0 aliphatic rings. The molecule has 1 atom stereocenters. The first-order valence-electron chi connectivity index (χ1n) is 7.49. The van der Waals surface area contributed by atoms with Gasteiger partial charge in [0.1, 0.15) is 11.8 Å². The van der Waals surface area contributed by atoms with Crippen LogP contribution >= 0.6 is 0 Å². The first kappa shape index (κ1) is 16.3. The standard InChI is InChI=1S/C18H23N3O/c1-14-16(11-17(12-19)21(14)3)13-20(2)18(9-10-22)15-7-5-4-6-8-15/h4-8,11,18,22H,9-10,13H2,1-3H3. The zero-order chi connectivity index (χ0) is 16.1. The maximum absolute atomic E-state index is 9.38. The van der Waals surface area contributed by atoms with E-state index >= 15 is 0 Å². The van der Waals surface area contributed by atoms with Gasteiger partial charge in [-0.2, -0.15) is 5.26 Å². The zero-order valence-corrected chi connectivity index (χ0v) is 13.5. The molecule has 0 amide bonds. The Bertz CT molecular complexity index is 655. The number of hydrogen-bond donors (Lipinski definition) is 1. The van der Waals surface area contributed by atoms with Crippen LogP contribution in [0, 0.1) is 18.3 Å². The summed E-state index contributed by atoms with van der Waals surface area (Å²) in [7, 11) is 3.98. The summed E-state index contributed by atoms with van der Waals surface area (Å²) < 4.78 is 1.92. The van der Waals surface area contributed by atoms with Crippen molar-refractivity contribution in [3.8, 4) is 6.07 Å². The van der Waals surface area contributed by atoms with Crippen molar-refractivity contribution in [1.82, 2.24) is 9.47 Å². The third-order valence-electron chi connectivity index (χ3n) is 4.29. The van der Waals surface area contributed by atoms with Crippen LogP contribution in [0.25, 0.3) is 0 Å². The minimum atomic E-state index is 0.154. The van der Waals surface area contributed by atoms with Crippen LogP contribution in [0.15, 0.2) is 36.4 Å². The molecule has 1 N–H and O–H groups in total. The number of nitrogens with zero attached hydrogens (tertiary/aromatic N) is 3. The van der Waals surface area contributed by atoms with Crippen LogP contribution < -0.4 is 0 Å². The van der Waals surface area contributed by atoms with Crippen molar-refractivity contribution in [2.45, 2.75) is 25.9 Å². The van der Waals surface area contributed by atoms with E-state index in [2.05, 4.69) is 30.1 Å². The molecule has 1 aromatic carbocycles. The number of nitriles is 1. The quantitative estimate of drug-likeness (QED) is 0.892. The predicted octanol–water partition coefficient (Wildman–Crippen LogP) is 2.76. The molecule has 0 spiro atoms. The first-order chi connectivity index (χ1) is 10.6. The Labute approximate surface area is 132 Å². The van der Waals surface area contributed by atoms with Gasteiger partial charge in [0.15, 0.2) is 0 Å². The predicted molar refractivity (Wildman–Crippen MR) is 87.2 cm³/mol. The van der Waals surface area contributed by atoms with Gasteiger partial charge in [0.05, 0.1) is 0 Å². The van der Waals surface area contributed by atoms with E-state index in [0.717, 1.165) is 17.8 Å². The molecular weight excluding hydrogens is 274 g/mol. The zero-order valence-electron chi connectivity index (χ0n) is 13.5. The molecule has 0 radical (unpaired) electrons. The van der Waals surface area contributed by atoms with E-state index in [1.807, 2.05) is 42.8 Å². The molecule has 116 valence electrons. The topological polar surface area (TPSA) is 52.2 Å². The molecule has 0 aliphatic carbocycles. The van der Waals surface area contributed by atoms with Gasteiger partial charge in [0, 0.05) is 31.9 Å². The molecule has 22 heavy (non-hydrogen) atoms. The second-order valence-electron chi connectivity index (χ2n) is 5.66. The second-order valence-corrected chi connectivity index (χ2v) is 5.66. The molecule has 1 heterocycles. The van der Waals surface area contributed by atoms with Crippen molar-refractivity contribution in [3.63, 3.8) is 0 Å². The fourth-order valence-electron chi connectivity index (χ4n) is 2.85. The normalized spacial score (nSPS) is 12.4. The van der Waals surface area contributed by atoms with Crippen molar-refractivity contribution < 1.29 is 5.11 Å². The van der Waals surface area contributed by atoms with Crippen LogP contribution in [0.3, 0.4) is 0 Å². The smallest absolute Gasteiger partial charge is 0.120 e. The van der Waals surface area contributed by atoms with Gasteiger partial charge in [0.2, 0.25) is 0 Å². The van der Waals surface area contributed by atoms with Crippen molar-refractivity contribution >= 4 is 0 Å². The maximum Gasteiger partial charge on any atom is 0.120 e. The molecular formula is C18H23N3O. The Morgan fingerprint density at radius 3 is 2.55 bits per heavy atom. The Morgan fingerprint density at radius 1 is 1.32 bits per heavy atom. The highest BCUT2D eigenvalue weighted by atomic mass is 16.3. The Hall–Kier alpha value is -2.09. The van der Waals surface area contributed by atoms with E-state index in [1.165, 1.54) is 5.56 Å². The van der Waals surface area contributed by atoms with Crippen LogP contribution in [0.2, 0.25) is 0 Å². The average Bonchev–Trinajstić information content (AvgIpc) is 2.81. The summed E-state index contributed by atoms with van der Waals surface area (Å²) in [6.45, 7) is 2.94. The molecule has 0 saturated heterocycles. The van der Waals surface area contributed by atoms with Gasteiger partial charge in [0.25, 0.3) is 0 Å². The fourth-order valence-corrected chi connectivity index (χ4v) is 2.85. The van der Waals surface area contributed by atoms with E-state index < -0.39 is 0 Å². The van der Waals surface area contributed by atoms with Crippen molar-refractivity contribution in [3.05, 3.63) is 58.9 Å². The molecule has 1 aromatic heterocycles. The van der Waals surface area contributed by atoms with E-state index in [9.17, 15) is 5.11 Å². The number of aromatic nitrogens is 1. The molecule has 2 rings (SSSR count). The summed E-state index contributed by atoms with van der Waals surface area (Å²) in [6.07, 6.45) is 0.692. The van der Waals surface area contributed by atoms with Gasteiger partial charge >= 0.3 is 0 Å². The SMILES string of the molecule is Cc1c(CN(C)C(CCO)c2ccccc2)cc(C#N)n1C. The Morgan fingerprint density at radius 2 is 2.00 bits per heavy atom. The second kappa shape index (κ2) is 7.26.